The van der Waals surface area contributed by atoms with Gasteiger partial charge < -0.3 is 10.6 Å². The summed E-state index contributed by atoms with van der Waals surface area (Å²) in [7, 11) is 0. The van der Waals surface area contributed by atoms with Crippen molar-refractivity contribution in [2.24, 2.45) is 0 Å². The molecule has 3 rings (SSSR count). The van der Waals surface area contributed by atoms with Gasteiger partial charge in [-0.2, -0.15) is 0 Å². The van der Waals surface area contributed by atoms with E-state index in [1.165, 1.54) is 24.3 Å². The maximum atomic E-state index is 12.6. The molecule has 0 aliphatic carbocycles. The van der Waals surface area contributed by atoms with Crippen molar-refractivity contribution in [2.75, 3.05) is 10.6 Å². The molecule has 8 heteroatoms. The zero-order chi connectivity index (χ0) is 20.3. The molecule has 0 saturated carbocycles. The third kappa shape index (κ3) is 4.78. The van der Waals surface area contributed by atoms with Gasteiger partial charge in [-0.1, -0.05) is 58.5 Å². The number of hydrogen-bond donors (Lipinski definition) is 2. The Balaban J connectivity index is 1.85. The summed E-state index contributed by atoms with van der Waals surface area (Å²) >= 11 is 24.0. The molecule has 28 heavy (non-hydrogen) atoms. The second-order valence-corrected chi connectivity index (χ2v) is 7.39. The highest BCUT2D eigenvalue weighted by molar-refractivity contribution is 6.37. The third-order valence-corrected chi connectivity index (χ3v) is 4.90. The predicted octanol–water partition coefficient (Wildman–Crippen LogP) is 6.80. The molecule has 0 radical (unpaired) electrons. The summed E-state index contributed by atoms with van der Waals surface area (Å²) < 4.78 is 0. The Morgan fingerprint density at radius 2 is 1.00 bits per heavy atom. The second-order valence-electron chi connectivity index (χ2n) is 5.70. The summed E-state index contributed by atoms with van der Waals surface area (Å²) in [5.74, 6) is -0.926. The molecule has 0 saturated heterocycles. The van der Waals surface area contributed by atoms with E-state index in [1.54, 1.807) is 36.4 Å². The molecule has 0 bridgehead atoms. The van der Waals surface area contributed by atoms with Crippen molar-refractivity contribution in [1.29, 1.82) is 0 Å². The lowest BCUT2D eigenvalue weighted by molar-refractivity contribution is 0.101. The highest BCUT2D eigenvalue weighted by Gasteiger charge is 2.16. The largest absolute Gasteiger partial charge is 0.320 e. The summed E-state index contributed by atoms with van der Waals surface area (Å²) in [6, 6.07) is 15.9. The molecule has 0 aromatic heterocycles. The van der Waals surface area contributed by atoms with Crippen LogP contribution in [0, 0.1) is 0 Å². The number of nitrogens with one attached hydrogen (secondary N) is 2. The quantitative estimate of drug-likeness (QED) is 0.456. The number of halogens is 4. The van der Waals surface area contributed by atoms with Gasteiger partial charge in [0.25, 0.3) is 11.8 Å². The van der Waals surface area contributed by atoms with Gasteiger partial charge in [-0.3, -0.25) is 9.59 Å². The van der Waals surface area contributed by atoms with Gasteiger partial charge >= 0.3 is 0 Å². The molecule has 0 atom stereocenters. The standard InChI is InChI=1S/C20H12Cl4N2O2/c21-11-5-7-15(23)13(9-11)19(27)25-17-3-1-2-4-18(17)26-20(28)14-10-12(22)6-8-16(14)24/h1-10H,(H,25,27)(H,26,28). The van der Waals surface area contributed by atoms with E-state index in [0.717, 1.165) is 0 Å². The Morgan fingerprint density at radius 1 is 0.607 bits per heavy atom. The van der Waals surface area contributed by atoms with Crippen molar-refractivity contribution >= 4 is 69.6 Å². The molecule has 3 aromatic carbocycles. The summed E-state index contributed by atoms with van der Waals surface area (Å²) in [5, 5.41) is 6.72. The van der Waals surface area contributed by atoms with Gasteiger partial charge in [0, 0.05) is 10.0 Å². The lowest BCUT2D eigenvalue weighted by Crippen LogP contribution is -2.17. The number of hydrogen-bond acceptors (Lipinski definition) is 2. The fourth-order valence-electron chi connectivity index (χ4n) is 2.42. The van der Waals surface area contributed by atoms with Crippen LogP contribution in [0.25, 0.3) is 0 Å². The van der Waals surface area contributed by atoms with Crippen LogP contribution in [0.3, 0.4) is 0 Å². The van der Waals surface area contributed by atoms with Crippen molar-refractivity contribution in [1.82, 2.24) is 0 Å². The normalized spacial score (nSPS) is 10.4. The van der Waals surface area contributed by atoms with Crippen LogP contribution in [0.2, 0.25) is 20.1 Å². The van der Waals surface area contributed by atoms with Crippen LogP contribution in [0.1, 0.15) is 20.7 Å². The van der Waals surface area contributed by atoms with E-state index in [1.807, 2.05) is 0 Å². The minimum absolute atomic E-state index is 0.216. The third-order valence-electron chi connectivity index (χ3n) is 3.77. The maximum absolute atomic E-state index is 12.6. The number of rotatable bonds is 4. The first kappa shape index (κ1) is 20.5. The average Bonchev–Trinajstić information content (AvgIpc) is 2.67. The van der Waals surface area contributed by atoms with Gasteiger partial charge in [-0.25, -0.2) is 0 Å². The predicted molar refractivity (Wildman–Crippen MR) is 115 cm³/mol. The van der Waals surface area contributed by atoms with Crippen LogP contribution in [0.4, 0.5) is 11.4 Å². The Kier molecular flexibility index (Phi) is 6.47. The molecule has 142 valence electrons. The van der Waals surface area contributed by atoms with E-state index in [2.05, 4.69) is 10.6 Å². The topological polar surface area (TPSA) is 58.2 Å². The molecule has 0 heterocycles. The maximum Gasteiger partial charge on any atom is 0.257 e. The summed E-state index contributed by atoms with van der Waals surface area (Å²) in [6.45, 7) is 0. The van der Waals surface area contributed by atoms with E-state index in [0.29, 0.717) is 21.4 Å². The second kappa shape index (κ2) is 8.84. The van der Waals surface area contributed by atoms with Gasteiger partial charge in [0.2, 0.25) is 0 Å². The number of carbonyl (C=O) groups is 2. The Bertz CT molecular complexity index is 985. The molecule has 2 N–H and O–H groups in total. The van der Waals surface area contributed by atoms with E-state index in [9.17, 15) is 9.59 Å². The lowest BCUT2D eigenvalue weighted by atomic mass is 10.1. The van der Waals surface area contributed by atoms with Gasteiger partial charge in [0.1, 0.15) is 0 Å². The van der Waals surface area contributed by atoms with E-state index < -0.39 is 11.8 Å². The van der Waals surface area contributed by atoms with E-state index in [-0.39, 0.29) is 21.2 Å². The van der Waals surface area contributed by atoms with Crippen molar-refractivity contribution < 1.29 is 9.59 Å². The molecule has 0 unspecified atom stereocenters. The highest BCUT2D eigenvalue weighted by Crippen LogP contribution is 2.27. The molecule has 0 aliphatic heterocycles. The minimum atomic E-state index is -0.463. The zero-order valence-electron chi connectivity index (χ0n) is 14.1. The Hall–Kier alpha value is -2.24. The fraction of sp³-hybridized carbons (Fsp3) is 0. The molecule has 0 aliphatic rings. The van der Waals surface area contributed by atoms with Crippen LogP contribution < -0.4 is 10.6 Å². The minimum Gasteiger partial charge on any atom is -0.320 e. The average molecular weight is 454 g/mol. The van der Waals surface area contributed by atoms with Gasteiger partial charge in [-0.15, -0.1) is 0 Å². The number of benzene rings is 3. The van der Waals surface area contributed by atoms with Crippen molar-refractivity contribution in [3.63, 3.8) is 0 Å². The van der Waals surface area contributed by atoms with Crippen LogP contribution in [0.15, 0.2) is 60.7 Å². The molecule has 3 aromatic rings. The fourth-order valence-corrected chi connectivity index (χ4v) is 3.17. The van der Waals surface area contributed by atoms with Crippen LogP contribution in [-0.4, -0.2) is 11.8 Å². The first-order valence-corrected chi connectivity index (χ1v) is 9.48. The number of anilines is 2. The Labute approximate surface area is 181 Å². The smallest absolute Gasteiger partial charge is 0.257 e. The Morgan fingerprint density at radius 3 is 1.39 bits per heavy atom. The van der Waals surface area contributed by atoms with Crippen molar-refractivity contribution in [3.8, 4) is 0 Å². The number of carbonyl (C=O) groups excluding carboxylic acids is 2. The van der Waals surface area contributed by atoms with Crippen molar-refractivity contribution in [2.45, 2.75) is 0 Å². The molecule has 2 amide bonds. The van der Waals surface area contributed by atoms with Crippen LogP contribution in [0.5, 0.6) is 0 Å². The monoisotopic (exact) mass is 452 g/mol. The first-order chi connectivity index (χ1) is 13.3. The molecule has 0 fully saturated rings. The van der Waals surface area contributed by atoms with E-state index in [4.69, 9.17) is 46.4 Å². The first-order valence-electron chi connectivity index (χ1n) is 7.97. The summed E-state index contributed by atoms with van der Waals surface area (Å²) in [6.07, 6.45) is 0. The SMILES string of the molecule is O=C(Nc1ccccc1NC(=O)c1cc(Cl)ccc1Cl)c1cc(Cl)ccc1Cl. The molecule has 4 nitrogen and oxygen atoms in total. The van der Waals surface area contributed by atoms with Gasteiger partial charge in [0.05, 0.1) is 32.5 Å². The molecule has 0 spiro atoms. The molecular weight excluding hydrogens is 442 g/mol. The zero-order valence-corrected chi connectivity index (χ0v) is 17.1. The van der Waals surface area contributed by atoms with Gasteiger partial charge in [0.15, 0.2) is 0 Å². The molecular formula is C20H12Cl4N2O2. The van der Waals surface area contributed by atoms with Crippen molar-refractivity contribution in [3.05, 3.63) is 91.9 Å². The van der Waals surface area contributed by atoms with E-state index >= 15 is 0 Å². The highest BCUT2D eigenvalue weighted by atomic mass is 35.5. The van der Waals surface area contributed by atoms with Crippen LogP contribution >= 0.6 is 46.4 Å². The number of amides is 2. The summed E-state index contributed by atoms with van der Waals surface area (Å²) in [4.78, 5) is 25.2. The van der Waals surface area contributed by atoms with Crippen LogP contribution in [-0.2, 0) is 0 Å². The summed E-state index contributed by atoms with van der Waals surface area (Å²) in [5.41, 5.74) is 1.20. The number of para-hydroxylation sites is 2. The lowest BCUT2D eigenvalue weighted by Gasteiger charge is -2.13. The van der Waals surface area contributed by atoms with Gasteiger partial charge in [-0.05, 0) is 48.5 Å².